The van der Waals surface area contributed by atoms with Gasteiger partial charge in [0.15, 0.2) is 0 Å². The largest absolute Gasteiger partial charge is 0.391 e. The number of rotatable bonds is 6. The van der Waals surface area contributed by atoms with Crippen LogP contribution in [0.3, 0.4) is 0 Å². The second-order valence-corrected chi connectivity index (χ2v) is 9.55. The van der Waals surface area contributed by atoms with E-state index >= 15 is 0 Å². The maximum atomic E-state index is 13.3. The van der Waals surface area contributed by atoms with Gasteiger partial charge in [-0.3, -0.25) is 9.10 Å². The Morgan fingerprint density at radius 1 is 1.00 bits per heavy atom. The van der Waals surface area contributed by atoms with E-state index in [2.05, 4.69) is 5.32 Å². The average Bonchev–Trinajstić information content (AvgIpc) is 2.69. The molecule has 0 heterocycles. The van der Waals surface area contributed by atoms with Crippen molar-refractivity contribution >= 4 is 21.6 Å². The standard InChI is InChI=1S/C22H28N2O4S/c1-16-7-11-18(12-8-16)24(29(27,28)19-13-9-17(2)10-14-19)15-22(26)23-20-5-3-4-6-21(20)25/h7-14,20-21,25H,3-6,15H2,1-2H3,(H,23,26). The second kappa shape index (κ2) is 8.97. The third-order valence-electron chi connectivity index (χ3n) is 5.29. The fourth-order valence-electron chi connectivity index (χ4n) is 3.53. The minimum Gasteiger partial charge on any atom is -0.391 e. The van der Waals surface area contributed by atoms with Crippen LogP contribution in [-0.4, -0.2) is 38.1 Å². The molecule has 0 aliphatic heterocycles. The molecular weight excluding hydrogens is 388 g/mol. The number of sulfonamides is 1. The normalized spacial score (nSPS) is 19.6. The lowest BCUT2D eigenvalue weighted by Crippen LogP contribution is -2.49. The van der Waals surface area contributed by atoms with Crippen molar-refractivity contribution in [2.24, 2.45) is 0 Å². The third kappa shape index (κ3) is 5.16. The van der Waals surface area contributed by atoms with E-state index in [1.807, 2.05) is 26.0 Å². The summed E-state index contributed by atoms with van der Waals surface area (Å²) in [6.45, 7) is 3.46. The van der Waals surface area contributed by atoms with Crippen molar-refractivity contribution in [2.75, 3.05) is 10.8 Å². The number of nitrogens with zero attached hydrogens (tertiary/aromatic N) is 1. The molecule has 0 aromatic heterocycles. The lowest BCUT2D eigenvalue weighted by molar-refractivity contribution is -0.121. The fourth-order valence-corrected chi connectivity index (χ4v) is 4.95. The van der Waals surface area contributed by atoms with Crippen LogP contribution in [0.25, 0.3) is 0 Å². The number of aryl methyl sites for hydroxylation is 2. The van der Waals surface area contributed by atoms with Crippen LogP contribution < -0.4 is 9.62 Å². The van der Waals surface area contributed by atoms with E-state index in [0.717, 1.165) is 28.3 Å². The first-order chi connectivity index (χ1) is 13.8. The van der Waals surface area contributed by atoms with Crippen LogP contribution in [0.4, 0.5) is 5.69 Å². The van der Waals surface area contributed by atoms with Crippen LogP contribution in [-0.2, 0) is 14.8 Å². The maximum absolute atomic E-state index is 13.3. The van der Waals surface area contributed by atoms with Crippen LogP contribution in [0.1, 0.15) is 36.8 Å². The fraction of sp³-hybridized carbons (Fsp3) is 0.409. The van der Waals surface area contributed by atoms with Gasteiger partial charge in [-0.1, -0.05) is 48.2 Å². The zero-order valence-corrected chi connectivity index (χ0v) is 17.7. The van der Waals surface area contributed by atoms with Crippen molar-refractivity contribution in [1.82, 2.24) is 5.32 Å². The highest BCUT2D eigenvalue weighted by atomic mass is 32.2. The van der Waals surface area contributed by atoms with E-state index in [1.54, 1.807) is 36.4 Å². The van der Waals surface area contributed by atoms with E-state index in [1.165, 1.54) is 0 Å². The summed E-state index contributed by atoms with van der Waals surface area (Å²) in [5, 5.41) is 12.9. The molecule has 1 fully saturated rings. The number of benzene rings is 2. The molecule has 2 aromatic rings. The summed E-state index contributed by atoms with van der Waals surface area (Å²) in [6.07, 6.45) is 2.63. The van der Waals surface area contributed by atoms with Crippen molar-refractivity contribution in [3.05, 3.63) is 59.7 Å². The highest BCUT2D eigenvalue weighted by molar-refractivity contribution is 7.92. The molecule has 0 bridgehead atoms. The summed E-state index contributed by atoms with van der Waals surface area (Å²) >= 11 is 0. The van der Waals surface area contributed by atoms with Gasteiger partial charge in [-0.25, -0.2) is 8.42 Å². The molecule has 1 saturated carbocycles. The molecule has 0 radical (unpaired) electrons. The van der Waals surface area contributed by atoms with Crippen LogP contribution >= 0.6 is 0 Å². The number of aliphatic hydroxyl groups excluding tert-OH is 1. The zero-order valence-electron chi connectivity index (χ0n) is 16.8. The summed E-state index contributed by atoms with van der Waals surface area (Å²) in [5.74, 6) is -0.424. The number of hydrogen-bond acceptors (Lipinski definition) is 4. The average molecular weight is 417 g/mol. The lowest BCUT2D eigenvalue weighted by Gasteiger charge is -2.30. The minimum atomic E-state index is -3.92. The highest BCUT2D eigenvalue weighted by Crippen LogP contribution is 2.25. The van der Waals surface area contributed by atoms with E-state index < -0.39 is 22.0 Å². The number of carbonyl (C=O) groups excluding carboxylic acids is 1. The first kappa shape index (κ1) is 21.3. The van der Waals surface area contributed by atoms with Crippen LogP contribution in [0.15, 0.2) is 53.4 Å². The zero-order chi connectivity index (χ0) is 21.0. The first-order valence-electron chi connectivity index (χ1n) is 9.91. The Morgan fingerprint density at radius 2 is 1.55 bits per heavy atom. The summed E-state index contributed by atoms with van der Waals surface area (Å²) in [6, 6.07) is 13.3. The molecule has 1 aliphatic carbocycles. The Bertz CT molecular complexity index is 940. The molecule has 2 N–H and O–H groups in total. The Kier molecular flexibility index (Phi) is 6.59. The molecule has 3 rings (SSSR count). The van der Waals surface area contributed by atoms with Gasteiger partial charge in [-0.05, 0) is 51.0 Å². The molecule has 0 saturated heterocycles. The monoisotopic (exact) mass is 416 g/mol. The molecule has 1 amide bonds. The Hall–Kier alpha value is -2.38. The molecular formula is C22H28N2O4S. The van der Waals surface area contributed by atoms with Gasteiger partial charge >= 0.3 is 0 Å². The second-order valence-electron chi connectivity index (χ2n) is 7.69. The SMILES string of the molecule is Cc1ccc(N(CC(=O)NC2CCCCC2O)S(=O)(=O)c2ccc(C)cc2)cc1. The molecule has 2 aromatic carbocycles. The summed E-state index contributed by atoms with van der Waals surface area (Å²) in [5.41, 5.74) is 2.38. The predicted molar refractivity (Wildman–Crippen MR) is 113 cm³/mol. The van der Waals surface area contributed by atoms with E-state index in [0.29, 0.717) is 18.5 Å². The van der Waals surface area contributed by atoms with Gasteiger partial charge < -0.3 is 10.4 Å². The molecule has 29 heavy (non-hydrogen) atoms. The van der Waals surface area contributed by atoms with Crippen molar-refractivity contribution in [1.29, 1.82) is 0 Å². The molecule has 0 spiro atoms. The third-order valence-corrected chi connectivity index (χ3v) is 7.08. The van der Waals surface area contributed by atoms with Gasteiger partial charge in [-0.15, -0.1) is 0 Å². The Labute approximate surface area is 172 Å². The minimum absolute atomic E-state index is 0.133. The molecule has 2 atom stereocenters. The molecule has 1 aliphatic rings. The number of anilines is 1. The van der Waals surface area contributed by atoms with E-state index in [9.17, 15) is 18.3 Å². The smallest absolute Gasteiger partial charge is 0.264 e. The van der Waals surface area contributed by atoms with Gasteiger partial charge in [-0.2, -0.15) is 0 Å². The topological polar surface area (TPSA) is 86.7 Å². The Morgan fingerprint density at radius 3 is 2.14 bits per heavy atom. The van der Waals surface area contributed by atoms with Crippen LogP contribution in [0, 0.1) is 13.8 Å². The Balaban J connectivity index is 1.87. The number of carbonyl (C=O) groups is 1. The lowest BCUT2D eigenvalue weighted by atomic mass is 9.92. The van der Waals surface area contributed by atoms with E-state index in [-0.39, 0.29) is 17.5 Å². The van der Waals surface area contributed by atoms with Crippen molar-refractivity contribution in [3.8, 4) is 0 Å². The quantitative estimate of drug-likeness (QED) is 0.758. The van der Waals surface area contributed by atoms with Crippen molar-refractivity contribution in [3.63, 3.8) is 0 Å². The van der Waals surface area contributed by atoms with E-state index in [4.69, 9.17) is 0 Å². The molecule has 2 unspecified atom stereocenters. The van der Waals surface area contributed by atoms with Gasteiger partial charge in [0.05, 0.1) is 22.7 Å². The molecule has 6 nitrogen and oxygen atoms in total. The first-order valence-corrected chi connectivity index (χ1v) is 11.3. The van der Waals surface area contributed by atoms with Crippen LogP contribution in [0.2, 0.25) is 0 Å². The van der Waals surface area contributed by atoms with Crippen molar-refractivity contribution < 1.29 is 18.3 Å². The summed E-state index contributed by atoms with van der Waals surface area (Å²) < 4.78 is 27.8. The maximum Gasteiger partial charge on any atom is 0.264 e. The van der Waals surface area contributed by atoms with Gasteiger partial charge in [0.2, 0.25) is 5.91 Å². The highest BCUT2D eigenvalue weighted by Gasteiger charge is 2.30. The summed E-state index contributed by atoms with van der Waals surface area (Å²) in [7, 11) is -3.92. The van der Waals surface area contributed by atoms with Crippen LogP contribution in [0.5, 0.6) is 0 Å². The van der Waals surface area contributed by atoms with Gasteiger partial charge in [0, 0.05) is 0 Å². The summed E-state index contributed by atoms with van der Waals surface area (Å²) in [4.78, 5) is 12.8. The molecule has 7 heteroatoms. The predicted octanol–water partition coefficient (Wildman–Crippen LogP) is 2.92. The number of aliphatic hydroxyl groups is 1. The number of nitrogens with one attached hydrogen (secondary N) is 1. The van der Waals surface area contributed by atoms with Crippen molar-refractivity contribution in [2.45, 2.75) is 56.6 Å². The molecule has 156 valence electrons. The van der Waals surface area contributed by atoms with Gasteiger partial charge in [0.1, 0.15) is 6.54 Å². The number of amides is 1. The van der Waals surface area contributed by atoms with Gasteiger partial charge in [0.25, 0.3) is 10.0 Å². The number of hydrogen-bond donors (Lipinski definition) is 2.